The number of para-hydroxylation sites is 1. The zero-order valence-electron chi connectivity index (χ0n) is 17.5. The molecule has 1 aliphatic heterocycles. The molecule has 3 aromatic rings. The van der Waals surface area contributed by atoms with E-state index in [4.69, 9.17) is 0 Å². The van der Waals surface area contributed by atoms with E-state index in [-0.39, 0.29) is 12.5 Å². The summed E-state index contributed by atoms with van der Waals surface area (Å²) in [6.45, 7) is -0.228. The minimum absolute atomic E-state index is 0.228. The number of fused-ring (bicyclic) bond motifs is 1. The lowest BCUT2D eigenvalue weighted by molar-refractivity contribution is -0.126. The molecule has 2 aliphatic rings. The number of aliphatic hydroxyl groups is 3. The summed E-state index contributed by atoms with van der Waals surface area (Å²) >= 11 is 1.44. The summed E-state index contributed by atoms with van der Waals surface area (Å²) in [7, 11) is 0. The van der Waals surface area contributed by atoms with Gasteiger partial charge >= 0.3 is 0 Å². The molecule has 174 valence electrons. The molecule has 2 aromatic heterocycles. The van der Waals surface area contributed by atoms with Crippen LogP contribution in [0, 0.1) is 5.92 Å². The Labute approximate surface area is 193 Å². The van der Waals surface area contributed by atoms with E-state index in [1.54, 1.807) is 12.4 Å². The Morgan fingerprint density at radius 1 is 1.15 bits per heavy atom. The van der Waals surface area contributed by atoms with Gasteiger partial charge in [0.05, 0.1) is 46.7 Å². The Kier molecular flexibility index (Phi) is 6.19. The van der Waals surface area contributed by atoms with Crippen LogP contribution in [-0.2, 0) is 4.79 Å². The number of rotatable bonds is 6. The number of carbonyl (C=O) groups excluding carboxylic acids is 1. The molecular formula is C21H25N7O4S. The standard InChI is InChI=1S/C21H25N7O4S/c29-8-10-5-13(17(31)16(10)30)25-18-15(20-26-12-3-1-2-4-14(12)33-20)19(32)28-21(27-18)24-11-6-22-9-23-7-11/h1-4,6-7,9-10,13,15-18,21,24-25,27,29-31H,5,8H2,(H,28,32)/t10-,13-,15?,16-,17+,18?,21?/m1/s1. The Balaban J connectivity index is 1.42. The van der Waals surface area contributed by atoms with Gasteiger partial charge < -0.3 is 26.0 Å². The summed E-state index contributed by atoms with van der Waals surface area (Å²) in [5.74, 6) is -1.36. The Morgan fingerprint density at radius 2 is 1.94 bits per heavy atom. The molecule has 1 saturated carbocycles. The summed E-state index contributed by atoms with van der Waals surface area (Å²) in [6, 6.07) is 7.16. The van der Waals surface area contributed by atoms with Gasteiger partial charge in [-0.1, -0.05) is 12.1 Å². The van der Waals surface area contributed by atoms with Crippen molar-refractivity contribution in [3.63, 3.8) is 0 Å². The van der Waals surface area contributed by atoms with Crippen molar-refractivity contribution < 1.29 is 20.1 Å². The van der Waals surface area contributed by atoms with Gasteiger partial charge in [-0.05, 0) is 18.6 Å². The predicted molar refractivity (Wildman–Crippen MR) is 121 cm³/mol. The molecule has 0 spiro atoms. The molecule has 12 heteroatoms. The summed E-state index contributed by atoms with van der Waals surface area (Å²) in [5, 5.41) is 43.6. The van der Waals surface area contributed by atoms with Crippen LogP contribution in [0.3, 0.4) is 0 Å². The van der Waals surface area contributed by atoms with Crippen molar-refractivity contribution in [2.45, 2.75) is 43.0 Å². The quantitative estimate of drug-likeness (QED) is 0.245. The van der Waals surface area contributed by atoms with E-state index < -0.39 is 42.5 Å². The van der Waals surface area contributed by atoms with Gasteiger partial charge in [0.15, 0.2) is 6.29 Å². The number of nitrogens with one attached hydrogen (secondary N) is 4. The highest BCUT2D eigenvalue weighted by atomic mass is 32.1. The highest BCUT2D eigenvalue weighted by Crippen LogP contribution is 2.33. The smallest absolute Gasteiger partial charge is 0.235 e. The Morgan fingerprint density at radius 3 is 2.67 bits per heavy atom. The normalized spacial score (nSPS) is 32.1. The van der Waals surface area contributed by atoms with Crippen molar-refractivity contribution in [3.05, 3.63) is 48.0 Å². The fourth-order valence-electron chi connectivity index (χ4n) is 4.44. The van der Waals surface area contributed by atoms with Crippen molar-refractivity contribution in [2.75, 3.05) is 11.9 Å². The fraction of sp³-hybridized carbons (Fsp3) is 0.429. The number of nitrogens with zero attached hydrogens (tertiary/aromatic N) is 3. The Bertz CT molecular complexity index is 1080. The zero-order chi connectivity index (χ0) is 22.9. The number of anilines is 1. The number of hydrogen-bond donors (Lipinski definition) is 7. The molecule has 2 fully saturated rings. The molecule has 1 saturated heterocycles. The van der Waals surface area contributed by atoms with Crippen LogP contribution < -0.4 is 21.3 Å². The van der Waals surface area contributed by atoms with Gasteiger partial charge in [0.25, 0.3) is 0 Å². The number of amides is 1. The molecule has 5 rings (SSSR count). The van der Waals surface area contributed by atoms with Gasteiger partial charge in [0.1, 0.15) is 17.3 Å². The van der Waals surface area contributed by atoms with E-state index in [0.717, 1.165) is 10.2 Å². The van der Waals surface area contributed by atoms with Crippen LogP contribution in [0.1, 0.15) is 17.3 Å². The maximum atomic E-state index is 13.3. The summed E-state index contributed by atoms with van der Waals surface area (Å²) in [4.78, 5) is 25.9. The third-order valence-corrected chi connectivity index (χ3v) is 7.25. The number of aromatic nitrogens is 3. The number of benzene rings is 1. The molecule has 3 unspecified atom stereocenters. The topological polar surface area (TPSA) is 165 Å². The van der Waals surface area contributed by atoms with Gasteiger partial charge in [-0.3, -0.25) is 15.4 Å². The minimum atomic E-state index is -1.07. The average Bonchev–Trinajstić information content (AvgIpc) is 3.35. The molecule has 7 N–H and O–H groups in total. The van der Waals surface area contributed by atoms with Crippen molar-refractivity contribution in [1.82, 2.24) is 30.9 Å². The summed E-state index contributed by atoms with van der Waals surface area (Å²) in [6.07, 6.45) is 1.61. The van der Waals surface area contributed by atoms with Crippen LogP contribution >= 0.6 is 11.3 Å². The number of aliphatic hydroxyl groups excluding tert-OH is 3. The first-order valence-electron chi connectivity index (χ1n) is 10.7. The van der Waals surface area contributed by atoms with Crippen molar-refractivity contribution in [2.24, 2.45) is 5.92 Å². The van der Waals surface area contributed by atoms with Gasteiger partial charge in [0, 0.05) is 18.6 Å². The van der Waals surface area contributed by atoms with E-state index in [1.165, 1.54) is 17.7 Å². The zero-order valence-corrected chi connectivity index (χ0v) is 18.3. The molecule has 1 aliphatic carbocycles. The van der Waals surface area contributed by atoms with E-state index in [2.05, 4.69) is 36.2 Å². The monoisotopic (exact) mass is 471 g/mol. The summed E-state index contributed by atoms with van der Waals surface area (Å²) < 4.78 is 0.970. The second-order valence-corrected chi connectivity index (χ2v) is 9.35. The summed E-state index contributed by atoms with van der Waals surface area (Å²) in [5.41, 5.74) is 1.42. The van der Waals surface area contributed by atoms with Gasteiger partial charge in [-0.15, -0.1) is 11.3 Å². The average molecular weight is 472 g/mol. The molecule has 33 heavy (non-hydrogen) atoms. The molecule has 7 atom stereocenters. The predicted octanol–water partition coefficient (Wildman–Crippen LogP) is -0.697. The first kappa shape index (κ1) is 22.1. The van der Waals surface area contributed by atoms with Crippen LogP contribution in [-0.4, -0.2) is 73.5 Å². The largest absolute Gasteiger partial charge is 0.396 e. The van der Waals surface area contributed by atoms with Crippen LogP contribution in [0.25, 0.3) is 10.2 Å². The minimum Gasteiger partial charge on any atom is -0.396 e. The highest BCUT2D eigenvalue weighted by molar-refractivity contribution is 7.18. The fourth-order valence-corrected chi connectivity index (χ4v) is 5.55. The van der Waals surface area contributed by atoms with Crippen molar-refractivity contribution in [1.29, 1.82) is 0 Å². The van der Waals surface area contributed by atoms with Crippen molar-refractivity contribution >= 4 is 33.1 Å². The van der Waals surface area contributed by atoms with Crippen LogP contribution in [0.5, 0.6) is 0 Å². The molecule has 1 amide bonds. The molecule has 1 aromatic carbocycles. The molecule has 3 heterocycles. The molecule has 0 radical (unpaired) electrons. The second kappa shape index (κ2) is 9.25. The van der Waals surface area contributed by atoms with Gasteiger partial charge in [-0.2, -0.15) is 0 Å². The van der Waals surface area contributed by atoms with E-state index in [1.807, 2.05) is 24.3 Å². The first-order valence-corrected chi connectivity index (χ1v) is 11.5. The molecular weight excluding hydrogens is 446 g/mol. The third kappa shape index (κ3) is 4.40. The molecule has 0 bridgehead atoms. The van der Waals surface area contributed by atoms with Crippen LogP contribution in [0.2, 0.25) is 0 Å². The third-order valence-electron chi connectivity index (χ3n) is 6.13. The van der Waals surface area contributed by atoms with Gasteiger partial charge in [0.2, 0.25) is 5.91 Å². The van der Waals surface area contributed by atoms with Crippen molar-refractivity contribution in [3.8, 4) is 0 Å². The lowest BCUT2D eigenvalue weighted by Crippen LogP contribution is -2.68. The number of carbonyl (C=O) groups is 1. The SMILES string of the molecule is O=C1NC(Nc2cncnc2)NC(N[C@@H]2C[C@H](CO)[C@@H](O)[C@H]2O)C1c1nc2ccccc2s1. The number of hydrogen-bond acceptors (Lipinski definition) is 11. The van der Waals surface area contributed by atoms with Crippen LogP contribution in [0.4, 0.5) is 5.69 Å². The highest BCUT2D eigenvalue weighted by Gasteiger charge is 2.46. The lowest BCUT2D eigenvalue weighted by Gasteiger charge is -2.39. The molecule has 11 nitrogen and oxygen atoms in total. The number of thiazole rings is 1. The maximum absolute atomic E-state index is 13.3. The van der Waals surface area contributed by atoms with Crippen LogP contribution in [0.15, 0.2) is 43.0 Å². The first-order chi connectivity index (χ1) is 16.0. The maximum Gasteiger partial charge on any atom is 0.235 e. The van der Waals surface area contributed by atoms with E-state index in [9.17, 15) is 20.1 Å². The van der Waals surface area contributed by atoms with Gasteiger partial charge in [-0.25, -0.2) is 15.0 Å². The lowest BCUT2D eigenvalue weighted by atomic mass is 10.0. The second-order valence-electron chi connectivity index (χ2n) is 8.29. The van der Waals surface area contributed by atoms with E-state index >= 15 is 0 Å². The van der Waals surface area contributed by atoms with E-state index in [0.29, 0.717) is 17.1 Å². The Hall–Kier alpha value is -2.74.